The van der Waals surface area contributed by atoms with Crippen LogP contribution in [0.15, 0.2) is 24.3 Å². The average Bonchev–Trinajstić information content (AvgIpc) is 2.37. The number of rotatable bonds is 6. The van der Waals surface area contributed by atoms with Gasteiger partial charge in [-0.05, 0) is 30.0 Å². The van der Waals surface area contributed by atoms with Crippen molar-refractivity contribution >= 4 is 5.91 Å². The van der Waals surface area contributed by atoms with Crippen LogP contribution in [0, 0.1) is 17.7 Å². The number of halogens is 1. The van der Waals surface area contributed by atoms with Gasteiger partial charge >= 0.3 is 0 Å². The number of carbonyl (C=O) groups excluding carboxylic acids is 1. The molecule has 2 N–H and O–H groups in total. The normalized spacial score (nSPS) is 12.5. The van der Waals surface area contributed by atoms with Crippen molar-refractivity contribution in [3.8, 4) is 0 Å². The summed E-state index contributed by atoms with van der Waals surface area (Å²) in [6.07, 6.45) is 0.795. The monoisotopic (exact) mass is 266 g/mol. The Balaban J connectivity index is 2.63. The Hall–Kier alpha value is -1.42. The first kappa shape index (κ1) is 15.6. The first-order valence-electron chi connectivity index (χ1n) is 6.63. The topological polar surface area (TPSA) is 46.3 Å². The third-order valence-corrected chi connectivity index (χ3v) is 3.10. The van der Waals surface area contributed by atoms with Crippen molar-refractivity contribution in [1.82, 2.24) is 4.90 Å². The molecule has 0 aliphatic heterocycles. The van der Waals surface area contributed by atoms with Gasteiger partial charge in [0.05, 0.1) is 5.92 Å². The predicted octanol–water partition coefficient (Wildman–Crippen LogP) is 2.41. The molecule has 0 heterocycles. The molecule has 0 bridgehead atoms. The summed E-state index contributed by atoms with van der Waals surface area (Å²) in [5.41, 5.74) is 6.59. The van der Waals surface area contributed by atoms with Crippen molar-refractivity contribution < 1.29 is 9.18 Å². The van der Waals surface area contributed by atoms with Gasteiger partial charge in [-0.1, -0.05) is 26.0 Å². The van der Waals surface area contributed by atoms with Crippen LogP contribution in [0.1, 0.15) is 25.8 Å². The molecular weight excluding hydrogens is 243 g/mol. The third-order valence-electron chi connectivity index (χ3n) is 3.10. The lowest BCUT2D eigenvalue weighted by Crippen LogP contribution is -2.36. The Morgan fingerprint density at radius 2 is 1.89 bits per heavy atom. The molecule has 1 aromatic rings. The van der Waals surface area contributed by atoms with E-state index >= 15 is 0 Å². The van der Waals surface area contributed by atoms with Crippen LogP contribution in [0.3, 0.4) is 0 Å². The maximum absolute atomic E-state index is 12.8. The minimum absolute atomic E-state index is 0.0560. The van der Waals surface area contributed by atoms with E-state index in [0.29, 0.717) is 19.0 Å². The van der Waals surface area contributed by atoms with E-state index < -0.39 is 0 Å². The molecule has 3 nitrogen and oxygen atoms in total. The molecule has 1 aromatic carbocycles. The van der Waals surface area contributed by atoms with Crippen molar-refractivity contribution in [2.45, 2.75) is 26.8 Å². The van der Waals surface area contributed by atoms with Gasteiger partial charge < -0.3 is 10.6 Å². The van der Waals surface area contributed by atoms with Gasteiger partial charge in [-0.3, -0.25) is 4.79 Å². The first-order chi connectivity index (χ1) is 8.93. The van der Waals surface area contributed by atoms with Crippen LogP contribution < -0.4 is 5.73 Å². The minimum atomic E-state index is -0.266. The average molecular weight is 266 g/mol. The quantitative estimate of drug-likeness (QED) is 0.859. The molecule has 19 heavy (non-hydrogen) atoms. The Morgan fingerprint density at radius 3 is 2.37 bits per heavy atom. The van der Waals surface area contributed by atoms with Gasteiger partial charge in [0.1, 0.15) is 5.82 Å². The molecule has 0 fully saturated rings. The number of carbonyl (C=O) groups is 1. The SMILES string of the molecule is CC(C)CC(CN)C(=O)N(C)Cc1ccc(F)cc1. The number of nitrogens with zero attached hydrogens (tertiary/aromatic N) is 1. The highest BCUT2D eigenvalue weighted by Crippen LogP contribution is 2.15. The van der Waals surface area contributed by atoms with Crippen LogP contribution in [0.25, 0.3) is 0 Å². The minimum Gasteiger partial charge on any atom is -0.341 e. The largest absolute Gasteiger partial charge is 0.341 e. The fraction of sp³-hybridized carbons (Fsp3) is 0.533. The maximum atomic E-state index is 12.8. The zero-order valence-corrected chi connectivity index (χ0v) is 11.9. The summed E-state index contributed by atoms with van der Waals surface area (Å²) in [4.78, 5) is 13.9. The standard InChI is InChI=1S/C15H23FN2O/c1-11(2)8-13(9-17)15(19)18(3)10-12-4-6-14(16)7-5-12/h4-7,11,13H,8-10,17H2,1-3H3. The Kier molecular flexibility index (Phi) is 5.96. The second-order valence-corrected chi connectivity index (χ2v) is 5.38. The maximum Gasteiger partial charge on any atom is 0.227 e. The fourth-order valence-electron chi connectivity index (χ4n) is 2.12. The van der Waals surface area contributed by atoms with Gasteiger partial charge in [0.15, 0.2) is 0 Å². The number of hydrogen-bond donors (Lipinski definition) is 1. The molecule has 0 aliphatic carbocycles. The molecule has 0 saturated carbocycles. The lowest BCUT2D eigenvalue weighted by Gasteiger charge is -2.24. The van der Waals surface area contributed by atoms with Gasteiger partial charge in [-0.15, -0.1) is 0 Å². The summed E-state index contributed by atoms with van der Waals surface area (Å²) >= 11 is 0. The first-order valence-corrected chi connectivity index (χ1v) is 6.63. The zero-order chi connectivity index (χ0) is 14.4. The van der Waals surface area contributed by atoms with E-state index in [1.807, 2.05) is 0 Å². The lowest BCUT2D eigenvalue weighted by molar-refractivity contribution is -0.134. The molecule has 1 atom stereocenters. The van der Waals surface area contributed by atoms with Crippen molar-refractivity contribution in [3.05, 3.63) is 35.6 Å². The van der Waals surface area contributed by atoms with Crippen LogP contribution in [0.2, 0.25) is 0 Å². The summed E-state index contributed by atoms with van der Waals surface area (Å²) in [6, 6.07) is 6.20. The van der Waals surface area contributed by atoms with E-state index in [0.717, 1.165) is 12.0 Å². The smallest absolute Gasteiger partial charge is 0.227 e. The van der Waals surface area contributed by atoms with Gasteiger partial charge in [-0.25, -0.2) is 4.39 Å². The van der Waals surface area contributed by atoms with E-state index in [2.05, 4.69) is 13.8 Å². The molecule has 1 rings (SSSR count). The predicted molar refractivity (Wildman–Crippen MR) is 74.9 cm³/mol. The van der Waals surface area contributed by atoms with Gasteiger partial charge in [0.2, 0.25) is 5.91 Å². The molecule has 1 amide bonds. The van der Waals surface area contributed by atoms with Crippen LogP contribution in [0.5, 0.6) is 0 Å². The number of benzene rings is 1. The molecule has 0 radical (unpaired) electrons. The molecule has 0 saturated heterocycles. The van der Waals surface area contributed by atoms with E-state index in [9.17, 15) is 9.18 Å². The van der Waals surface area contributed by atoms with Gasteiger partial charge in [-0.2, -0.15) is 0 Å². The highest BCUT2D eigenvalue weighted by Gasteiger charge is 2.21. The van der Waals surface area contributed by atoms with Crippen LogP contribution in [-0.2, 0) is 11.3 Å². The number of amides is 1. The summed E-state index contributed by atoms with van der Waals surface area (Å²) < 4.78 is 12.8. The van der Waals surface area contributed by atoms with Crippen LogP contribution in [-0.4, -0.2) is 24.4 Å². The molecule has 106 valence electrons. The second-order valence-electron chi connectivity index (χ2n) is 5.38. The Labute approximate surface area is 114 Å². The Bertz CT molecular complexity index is 403. The zero-order valence-electron chi connectivity index (χ0n) is 11.9. The molecule has 4 heteroatoms. The fourth-order valence-corrected chi connectivity index (χ4v) is 2.12. The summed E-state index contributed by atoms with van der Waals surface area (Å²) in [6.45, 7) is 5.00. The second kappa shape index (κ2) is 7.24. The van der Waals surface area contributed by atoms with Crippen molar-refractivity contribution in [1.29, 1.82) is 0 Å². The summed E-state index contributed by atoms with van der Waals surface area (Å²) in [5.74, 6) is 0.0973. The highest BCUT2D eigenvalue weighted by molar-refractivity contribution is 5.78. The molecule has 1 unspecified atom stereocenters. The lowest BCUT2D eigenvalue weighted by atomic mass is 9.96. The van der Waals surface area contributed by atoms with E-state index in [-0.39, 0.29) is 17.6 Å². The summed E-state index contributed by atoms with van der Waals surface area (Å²) in [5, 5.41) is 0. The van der Waals surface area contributed by atoms with Crippen LogP contribution in [0.4, 0.5) is 4.39 Å². The van der Waals surface area contributed by atoms with E-state index in [4.69, 9.17) is 5.73 Å². The van der Waals surface area contributed by atoms with Gasteiger partial charge in [0.25, 0.3) is 0 Å². The molecule has 0 aliphatic rings. The van der Waals surface area contributed by atoms with Crippen molar-refractivity contribution in [2.75, 3.05) is 13.6 Å². The number of nitrogens with two attached hydrogens (primary N) is 1. The molecule has 0 aromatic heterocycles. The number of hydrogen-bond acceptors (Lipinski definition) is 2. The molecular formula is C15H23FN2O. The summed E-state index contributed by atoms with van der Waals surface area (Å²) in [7, 11) is 1.76. The van der Waals surface area contributed by atoms with Crippen LogP contribution >= 0.6 is 0 Å². The van der Waals surface area contributed by atoms with E-state index in [1.54, 1.807) is 24.1 Å². The van der Waals surface area contributed by atoms with Crippen molar-refractivity contribution in [3.63, 3.8) is 0 Å². The highest BCUT2D eigenvalue weighted by atomic mass is 19.1. The van der Waals surface area contributed by atoms with Gasteiger partial charge in [0, 0.05) is 20.1 Å². The molecule has 0 spiro atoms. The van der Waals surface area contributed by atoms with Crippen molar-refractivity contribution in [2.24, 2.45) is 17.6 Å². The third kappa shape index (κ3) is 4.99. The van der Waals surface area contributed by atoms with E-state index in [1.165, 1.54) is 12.1 Å². The Morgan fingerprint density at radius 1 is 1.32 bits per heavy atom.